The normalized spacial score (nSPS) is 10.6. The highest BCUT2D eigenvalue weighted by molar-refractivity contribution is 6.02. The first kappa shape index (κ1) is 15.4. The van der Waals surface area contributed by atoms with Crippen LogP contribution in [0, 0.1) is 22.9 Å². The molecule has 0 unspecified atom stereocenters. The fraction of sp³-hybridized carbons (Fsp3) is 0.0625. The zero-order chi connectivity index (χ0) is 16.1. The Morgan fingerprint density at radius 3 is 2.73 bits per heavy atom. The molecule has 2 rings (SSSR count). The number of nitrogens with zero attached hydrogens (tertiary/aromatic N) is 1. The second-order valence-corrected chi connectivity index (χ2v) is 4.60. The van der Waals surface area contributed by atoms with Crippen molar-refractivity contribution >= 4 is 23.4 Å². The van der Waals surface area contributed by atoms with Gasteiger partial charge in [0.25, 0.3) is 5.69 Å². The highest BCUT2D eigenvalue weighted by atomic mass is 19.1. The number of hydrogen-bond donors (Lipinski definition) is 1. The Balaban J connectivity index is 2.15. The Morgan fingerprint density at radius 2 is 2.00 bits per heavy atom. The first-order chi connectivity index (χ1) is 10.5. The lowest BCUT2D eigenvalue weighted by molar-refractivity contribution is -0.385. The molecular formula is C16H13FN2O3. The van der Waals surface area contributed by atoms with Crippen molar-refractivity contribution in [2.45, 2.75) is 6.92 Å². The van der Waals surface area contributed by atoms with Crippen LogP contribution in [-0.4, -0.2) is 10.8 Å². The highest BCUT2D eigenvalue weighted by Crippen LogP contribution is 2.19. The predicted molar refractivity (Wildman–Crippen MR) is 81.9 cm³/mol. The largest absolute Gasteiger partial charge is 0.322 e. The molecule has 0 atom stereocenters. The molecule has 1 amide bonds. The van der Waals surface area contributed by atoms with E-state index in [9.17, 15) is 19.3 Å². The summed E-state index contributed by atoms with van der Waals surface area (Å²) >= 11 is 0. The van der Waals surface area contributed by atoms with Crippen molar-refractivity contribution in [1.29, 1.82) is 0 Å². The molecule has 0 saturated carbocycles. The number of benzene rings is 2. The van der Waals surface area contributed by atoms with E-state index in [2.05, 4.69) is 5.32 Å². The average Bonchev–Trinajstić information content (AvgIpc) is 2.49. The van der Waals surface area contributed by atoms with Crippen LogP contribution in [0.4, 0.5) is 15.8 Å². The van der Waals surface area contributed by atoms with Gasteiger partial charge in [-0.25, -0.2) is 4.39 Å². The summed E-state index contributed by atoms with van der Waals surface area (Å²) in [5, 5.41) is 13.4. The van der Waals surface area contributed by atoms with Gasteiger partial charge in [-0.3, -0.25) is 14.9 Å². The van der Waals surface area contributed by atoms with E-state index in [4.69, 9.17) is 0 Å². The molecule has 0 saturated heterocycles. The number of nitro groups is 1. The lowest BCUT2D eigenvalue weighted by Gasteiger charge is -2.06. The van der Waals surface area contributed by atoms with Gasteiger partial charge in [0.1, 0.15) is 5.82 Å². The van der Waals surface area contributed by atoms with Gasteiger partial charge >= 0.3 is 0 Å². The summed E-state index contributed by atoms with van der Waals surface area (Å²) in [5.41, 5.74) is 1.30. The summed E-state index contributed by atoms with van der Waals surface area (Å²) < 4.78 is 13.1. The van der Waals surface area contributed by atoms with Crippen LogP contribution in [0.25, 0.3) is 6.08 Å². The lowest BCUT2D eigenvalue weighted by Crippen LogP contribution is -2.09. The third-order valence-electron chi connectivity index (χ3n) is 3.01. The van der Waals surface area contributed by atoms with E-state index < -0.39 is 16.6 Å². The highest BCUT2D eigenvalue weighted by Gasteiger charge is 2.10. The number of rotatable bonds is 4. The molecule has 0 fully saturated rings. The second kappa shape index (κ2) is 6.62. The molecule has 0 aliphatic heterocycles. The van der Waals surface area contributed by atoms with Crippen LogP contribution >= 0.6 is 0 Å². The average molecular weight is 300 g/mol. The first-order valence-electron chi connectivity index (χ1n) is 6.46. The van der Waals surface area contributed by atoms with Crippen molar-refractivity contribution in [2.75, 3.05) is 5.32 Å². The van der Waals surface area contributed by atoms with Crippen LogP contribution in [0.1, 0.15) is 11.1 Å². The monoisotopic (exact) mass is 300 g/mol. The zero-order valence-corrected chi connectivity index (χ0v) is 11.7. The van der Waals surface area contributed by atoms with Crippen molar-refractivity contribution in [3.8, 4) is 0 Å². The van der Waals surface area contributed by atoms with Gasteiger partial charge in [0.05, 0.1) is 10.5 Å². The van der Waals surface area contributed by atoms with Crippen LogP contribution in [0.3, 0.4) is 0 Å². The topological polar surface area (TPSA) is 72.2 Å². The summed E-state index contributed by atoms with van der Waals surface area (Å²) in [5.74, 6) is -0.949. The van der Waals surface area contributed by atoms with Crippen molar-refractivity contribution in [3.05, 3.63) is 75.6 Å². The number of aryl methyl sites for hydroxylation is 1. The molecule has 1 N–H and O–H groups in total. The molecule has 22 heavy (non-hydrogen) atoms. The van der Waals surface area contributed by atoms with Crippen LogP contribution in [0.5, 0.6) is 0 Å². The number of halogens is 1. The van der Waals surface area contributed by atoms with E-state index >= 15 is 0 Å². The SMILES string of the molecule is Cc1ccc(F)cc1NC(=O)/C=C/c1ccccc1[N+](=O)[O-]. The summed E-state index contributed by atoms with van der Waals surface area (Å²) in [7, 11) is 0. The molecule has 0 spiro atoms. The maximum absolute atomic E-state index is 13.1. The number of nitro benzene ring substituents is 1. The molecule has 2 aromatic carbocycles. The summed E-state index contributed by atoms with van der Waals surface area (Å²) in [4.78, 5) is 22.2. The zero-order valence-electron chi connectivity index (χ0n) is 11.7. The van der Waals surface area contributed by atoms with Gasteiger partial charge in [-0.05, 0) is 36.8 Å². The number of carbonyl (C=O) groups is 1. The number of anilines is 1. The van der Waals surface area contributed by atoms with Gasteiger partial charge in [0, 0.05) is 17.8 Å². The molecule has 5 nitrogen and oxygen atoms in total. The molecular weight excluding hydrogens is 287 g/mol. The van der Waals surface area contributed by atoms with Gasteiger partial charge in [0.15, 0.2) is 0 Å². The second-order valence-electron chi connectivity index (χ2n) is 4.60. The molecule has 0 aromatic heterocycles. The minimum Gasteiger partial charge on any atom is -0.322 e. The fourth-order valence-corrected chi connectivity index (χ4v) is 1.86. The Labute approximate surface area is 126 Å². The van der Waals surface area contributed by atoms with E-state index in [-0.39, 0.29) is 5.69 Å². The molecule has 112 valence electrons. The van der Waals surface area contributed by atoms with Gasteiger partial charge in [-0.2, -0.15) is 0 Å². The van der Waals surface area contributed by atoms with E-state index in [1.54, 1.807) is 25.1 Å². The third kappa shape index (κ3) is 3.76. The summed E-state index contributed by atoms with van der Waals surface area (Å²) in [6, 6.07) is 10.1. The predicted octanol–water partition coefficient (Wildman–Crippen LogP) is 3.69. The molecule has 2 aromatic rings. The van der Waals surface area contributed by atoms with Crippen molar-refractivity contribution in [2.24, 2.45) is 0 Å². The van der Waals surface area contributed by atoms with E-state index in [0.717, 1.165) is 0 Å². The number of amides is 1. The number of nitrogens with one attached hydrogen (secondary N) is 1. The summed E-state index contributed by atoms with van der Waals surface area (Å²) in [6.45, 7) is 1.74. The standard InChI is InChI=1S/C16H13FN2O3/c1-11-6-8-13(17)10-14(11)18-16(20)9-7-12-4-2-3-5-15(12)19(21)22/h2-10H,1H3,(H,18,20)/b9-7+. The number of carbonyl (C=O) groups excluding carboxylic acids is 1. The Morgan fingerprint density at radius 1 is 1.27 bits per heavy atom. The molecule has 0 bridgehead atoms. The maximum atomic E-state index is 13.1. The van der Waals surface area contributed by atoms with E-state index in [1.165, 1.54) is 36.4 Å². The Bertz CT molecular complexity index is 757. The van der Waals surface area contributed by atoms with Gasteiger partial charge in [-0.1, -0.05) is 18.2 Å². The minimum atomic E-state index is -0.520. The Kier molecular flexibility index (Phi) is 4.63. The van der Waals surface area contributed by atoms with Crippen LogP contribution in [0.15, 0.2) is 48.5 Å². The van der Waals surface area contributed by atoms with Gasteiger partial charge in [0.2, 0.25) is 5.91 Å². The minimum absolute atomic E-state index is 0.0894. The molecule has 0 radical (unpaired) electrons. The number of para-hydroxylation sites is 1. The molecule has 0 aliphatic rings. The van der Waals surface area contributed by atoms with Crippen molar-refractivity contribution in [3.63, 3.8) is 0 Å². The fourth-order valence-electron chi connectivity index (χ4n) is 1.86. The molecule has 0 heterocycles. The van der Waals surface area contributed by atoms with Crippen molar-refractivity contribution < 1.29 is 14.1 Å². The van der Waals surface area contributed by atoms with E-state index in [0.29, 0.717) is 16.8 Å². The Hall–Kier alpha value is -3.02. The van der Waals surface area contributed by atoms with Gasteiger partial charge in [-0.15, -0.1) is 0 Å². The number of hydrogen-bond acceptors (Lipinski definition) is 3. The first-order valence-corrected chi connectivity index (χ1v) is 6.46. The van der Waals surface area contributed by atoms with Gasteiger partial charge < -0.3 is 5.32 Å². The molecule has 6 heteroatoms. The van der Waals surface area contributed by atoms with E-state index in [1.807, 2.05) is 0 Å². The molecule has 0 aliphatic carbocycles. The summed E-state index contributed by atoms with van der Waals surface area (Å²) in [6.07, 6.45) is 2.52. The maximum Gasteiger partial charge on any atom is 0.276 e. The van der Waals surface area contributed by atoms with Crippen LogP contribution in [-0.2, 0) is 4.79 Å². The van der Waals surface area contributed by atoms with Crippen LogP contribution < -0.4 is 5.32 Å². The quantitative estimate of drug-likeness (QED) is 0.531. The van der Waals surface area contributed by atoms with Crippen LogP contribution in [0.2, 0.25) is 0 Å². The van der Waals surface area contributed by atoms with Crippen molar-refractivity contribution in [1.82, 2.24) is 0 Å². The third-order valence-corrected chi connectivity index (χ3v) is 3.01. The lowest BCUT2D eigenvalue weighted by atomic mass is 10.1. The smallest absolute Gasteiger partial charge is 0.276 e.